The molecule has 1 heterocycles. The van der Waals surface area contributed by atoms with Gasteiger partial charge in [-0.25, -0.2) is 0 Å². The fraction of sp³-hybridized carbons (Fsp3) is 1.00. The Morgan fingerprint density at radius 1 is 1.18 bits per heavy atom. The van der Waals surface area contributed by atoms with Crippen LogP contribution in [0.15, 0.2) is 0 Å². The summed E-state index contributed by atoms with van der Waals surface area (Å²) in [5.74, 6) is 0.902. The average Bonchev–Trinajstić information content (AvgIpc) is 2.33. The average molecular weight is 241 g/mol. The molecule has 2 aliphatic rings. The second-order valence-corrected chi connectivity index (χ2v) is 5.77. The summed E-state index contributed by atoms with van der Waals surface area (Å²) < 4.78 is 5.37. The molecule has 2 fully saturated rings. The standard InChI is InChI=1S/C14H27NO2/c16-12-14(7-3-8-14)15-9-2-1-4-13-5-10-17-11-6-13/h13,15-16H,1-12H2. The Hall–Kier alpha value is -0.120. The van der Waals surface area contributed by atoms with E-state index < -0.39 is 0 Å². The number of aliphatic hydroxyl groups is 1. The van der Waals surface area contributed by atoms with Gasteiger partial charge in [-0.1, -0.05) is 12.8 Å². The SMILES string of the molecule is OCC1(NCCCCC2CCOCC2)CCC1. The lowest BCUT2D eigenvalue weighted by Gasteiger charge is -2.41. The number of hydrogen-bond donors (Lipinski definition) is 2. The van der Waals surface area contributed by atoms with Crippen molar-refractivity contribution < 1.29 is 9.84 Å². The van der Waals surface area contributed by atoms with Gasteiger partial charge in [0.05, 0.1) is 6.61 Å². The van der Waals surface area contributed by atoms with Gasteiger partial charge in [-0.05, 0) is 51.0 Å². The third-order valence-electron chi connectivity index (χ3n) is 4.49. The van der Waals surface area contributed by atoms with Crippen molar-refractivity contribution in [2.24, 2.45) is 5.92 Å². The highest BCUT2D eigenvalue weighted by Crippen LogP contribution is 2.31. The van der Waals surface area contributed by atoms with E-state index in [4.69, 9.17) is 4.74 Å². The third kappa shape index (κ3) is 3.94. The van der Waals surface area contributed by atoms with Crippen molar-refractivity contribution in [3.8, 4) is 0 Å². The molecule has 100 valence electrons. The highest BCUT2D eigenvalue weighted by Gasteiger charge is 2.35. The first kappa shape index (κ1) is 13.3. The topological polar surface area (TPSA) is 41.5 Å². The minimum Gasteiger partial charge on any atom is -0.394 e. The molecule has 0 amide bonds. The molecule has 0 atom stereocenters. The first-order chi connectivity index (χ1) is 8.35. The Morgan fingerprint density at radius 2 is 1.94 bits per heavy atom. The van der Waals surface area contributed by atoms with Crippen molar-refractivity contribution in [2.75, 3.05) is 26.4 Å². The lowest BCUT2D eigenvalue weighted by molar-refractivity contribution is 0.0626. The van der Waals surface area contributed by atoms with Gasteiger partial charge in [-0.15, -0.1) is 0 Å². The summed E-state index contributed by atoms with van der Waals surface area (Å²) in [6.45, 7) is 3.32. The van der Waals surface area contributed by atoms with E-state index in [1.807, 2.05) is 0 Å². The minimum atomic E-state index is 0.0959. The van der Waals surface area contributed by atoms with Crippen LogP contribution in [-0.2, 0) is 4.74 Å². The van der Waals surface area contributed by atoms with Gasteiger partial charge in [-0.3, -0.25) is 0 Å². The molecule has 2 N–H and O–H groups in total. The quantitative estimate of drug-likeness (QED) is 0.671. The fourth-order valence-electron chi connectivity index (χ4n) is 2.94. The molecule has 0 bridgehead atoms. The van der Waals surface area contributed by atoms with Gasteiger partial charge in [0.2, 0.25) is 0 Å². The van der Waals surface area contributed by atoms with Crippen molar-refractivity contribution >= 4 is 0 Å². The molecule has 0 radical (unpaired) electrons. The maximum absolute atomic E-state index is 9.32. The van der Waals surface area contributed by atoms with E-state index in [2.05, 4.69) is 5.32 Å². The van der Waals surface area contributed by atoms with E-state index >= 15 is 0 Å². The van der Waals surface area contributed by atoms with Crippen molar-refractivity contribution in [1.29, 1.82) is 0 Å². The van der Waals surface area contributed by atoms with Crippen molar-refractivity contribution in [2.45, 2.75) is 56.9 Å². The van der Waals surface area contributed by atoms with Crippen LogP contribution in [0, 0.1) is 5.92 Å². The van der Waals surface area contributed by atoms with Crippen LogP contribution in [0.5, 0.6) is 0 Å². The highest BCUT2D eigenvalue weighted by atomic mass is 16.5. The molecule has 2 rings (SSSR count). The van der Waals surface area contributed by atoms with E-state index in [1.54, 1.807) is 0 Å². The molecule has 0 aromatic heterocycles. The second-order valence-electron chi connectivity index (χ2n) is 5.77. The van der Waals surface area contributed by atoms with E-state index in [1.165, 1.54) is 38.5 Å². The molecule has 1 saturated heterocycles. The van der Waals surface area contributed by atoms with Crippen molar-refractivity contribution in [3.63, 3.8) is 0 Å². The van der Waals surface area contributed by atoms with Gasteiger partial charge >= 0.3 is 0 Å². The summed E-state index contributed by atoms with van der Waals surface area (Å²) >= 11 is 0. The Morgan fingerprint density at radius 3 is 2.53 bits per heavy atom. The molecule has 0 spiro atoms. The molecule has 0 aromatic carbocycles. The van der Waals surface area contributed by atoms with Crippen molar-refractivity contribution in [1.82, 2.24) is 5.32 Å². The molecule has 3 heteroatoms. The van der Waals surface area contributed by atoms with Crippen LogP contribution < -0.4 is 5.32 Å². The number of rotatable bonds is 7. The lowest BCUT2D eigenvalue weighted by atomic mass is 9.77. The predicted octanol–water partition coefficient (Wildman–Crippen LogP) is 2.09. The van der Waals surface area contributed by atoms with E-state index in [9.17, 15) is 5.11 Å². The summed E-state index contributed by atoms with van der Waals surface area (Å²) in [6.07, 6.45) is 10.0. The zero-order valence-corrected chi connectivity index (χ0v) is 10.9. The summed E-state index contributed by atoms with van der Waals surface area (Å²) in [6, 6.07) is 0. The molecule has 17 heavy (non-hydrogen) atoms. The smallest absolute Gasteiger partial charge is 0.0613 e. The Bertz CT molecular complexity index is 205. The molecule has 1 saturated carbocycles. The number of ether oxygens (including phenoxy) is 1. The van der Waals surface area contributed by atoms with Gasteiger partial charge in [0.25, 0.3) is 0 Å². The van der Waals surface area contributed by atoms with Crippen LogP contribution in [0.3, 0.4) is 0 Å². The lowest BCUT2D eigenvalue weighted by Crippen LogP contribution is -2.54. The molecular formula is C14H27NO2. The van der Waals surface area contributed by atoms with E-state index in [0.717, 1.165) is 38.5 Å². The summed E-state index contributed by atoms with van der Waals surface area (Å²) in [7, 11) is 0. The first-order valence-corrected chi connectivity index (χ1v) is 7.28. The van der Waals surface area contributed by atoms with Crippen LogP contribution in [0.4, 0.5) is 0 Å². The van der Waals surface area contributed by atoms with Gasteiger partial charge in [-0.2, -0.15) is 0 Å². The van der Waals surface area contributed by atoms with Gasteiger partial charge in [0, 0.05) is 18.8 Å². The molecule has 1 aliphatic carbocycles. The third-order valence-corrected chi connectivity index (χ3v) is 4.49. The number of hydrogen-bond acceptors (Lipinski definition) is 3. The molecular weight excluding hydrogens is 214 g/mol. The predicted molar refractivity (Wildman–Crippen MR) is 69.1 cm³/mol. The fourth-order valence-corrected chi connectivity index (χ4v) is 2.94. The summed E-state index contributed by atoms with van der Waals surface area (Å²) in [5.41, 5.74) is 0.0959. The number of unbranched alkanes of at least 4 members (excludes halogenated alkanes) is 1. The highest BCUT2D eigenvalue weighted by molar-refractivity contribution is 4.95. The zero-order chi connectivity index (χ0) is 12.0. The minimum absolute atomic E-state index is 0.0959. The van der Waals surface area contributed by atoms with E-state index in [0.29, 0.717) is 6.61 Å². The van der Waals surface area contributed by atoms with Crippen LogP contribution in [0.2, 0.25) is 0 Å². The Balaban J connectivity index is 1.48. The van der Waals surface area contributed by atoms with Crippen LogP contribution >= 0.6 is 0 Å². The number of aliphatic hydroxyl groups excluding tert-OH is 1. The molecule has 3 nitrogen and oxygen atoms in total. The number of nitrogens with one attached hydrogen (secondary N) is 1. The van der Waals surface area contributed by atoms with Gasteiger partial charge < -0.3 is 15.2 Å². The first-order valence-electron chi connectivity index (χ1n) is 7.28. The Labute approximate surface area is 105 Å². The molecule has 0 aromatic rings. The van der Waals surface area contributed by atoms with Gasteiger partial charge in [0.1, 0.15) is 0 Å². The van der Waals surface area contributed by atoms with Crippen LogP contribution in [-0.4, -0.2) is 37.0 Å². The summed E-state index contributed by atoms with van der Waals surface area (Å²) in [5, 5.41) is 12.9. The van der Waals surface area contributed by atoms with Crippen LogP contribution in [0.1, 0.15) is 51.4 Å². The van der Waals surface area contributed by atoms with Crippen molar-refractivity contribution in [3.05, 3.63) is 0 Å². The molecule has 0 unspecified atom stereocenters. The zero-order valence-electron chi connectivity index (χ0n) is 10.9. The normalized spacial score (nSPS) is 24.5. The monoisotopic (exact) mass is 241 g/mol. The maximum Gasteiger partial charge on any atom is 0.0613 e. The Kier molecular flexibility index (Phi) is 5.26. The maximum atomic E-state index is 9.32. The second kappa shape index (κ2) is 6.72. The van der Waals surface area contributed by atoms with Gasteiger partial charge in [0.15, 0.2) is 0 Å². The molecule has 1 aliphatic heterocycles. The summed E-state index contributed by atoms with van der Waals surface area (Å²) in [4.78, 5) is 0. The van der Waals surface area contributed by atoms with E-state index in [-0.39, 0.29) is 5.54 Å². The largest absolute Gasteiger partial charge is 0.394 e. The van der Waals surface area contributed by atoms with Crippen LogP contribution in [0.25, 0.3) is 0 Å².